The maximum atomic E-state index is 12.5. The van der Waals surface area contributed by atoms with Crippen LogP contribution in [0.25, 0.3) is 0 Å². The second-order valence-electron chi connectivity index (χ2n) is 5.18. The van der Waals surface area contributed by atoms with E-state index in [-0.39, 0.29) is 18.7 Å². The Labute approximate surface area is 138 Å². The molecule has 24 heavy (non-hydrogen) atoms. The lowest BCUT2D eigenvalue weighted by atomic mass is 10.1. The average Bonchev–Trinajstić information content (AvgIpc) is 2.58. The minimum absolute atomic E-state index is 0.177. The van der Waals surface area contributed by atoms with Crippen molar-refractivity contribution in [1.29, 1.82) is 0 Å². The molecule has 0 aliphatic heterocycles. The molecule has 128 valence electrons. The molecule has 0 aliphatic carbocycles. The van der Waals surface area contributed by atoms with Gasteiger partial charge in [-0.15, -0.1) is 0 Å². The van der Waals surface area contributed by atoms with E-state index in [0.717, 1.165) is 42.0 Å². The van der Waals surface area contributed by atoms with Crippen molar-refractivity contribution in [2.45, 2.75) is 19.5 Å². The molecule has 0 fully saturated rings. The molecule has 2 aromatic rings. The molecule has 1 amide bonds. The van der Waals surface area contributed by atoms with Crippen molar-refractivity contribution in [2.75, 3.05) is 13.2 Å². The van der Waals surface area contributed by atoms with Crippen LogP contribution in [0, 0.1) is 0 Å². The van der Waals surface area contributed by atoms with Crippen molar-refractivity contribution < 1.29 is 22.7 Å². The number of benzene rings is 2. The minimum atomic E-state index is -4.41. The summed E-state index contributed by atoms with van der Waals surface area (Å²) < 4.78 is 42.9. The molecule has 0 spiro atoms. The second kappa shape index (κ2) is 7.86. The molecule has 0 atom stereocenters. The lowest BCUT2D eigenvalue weighted by molar-refractivity contribution is -0.137. The van der Waals surface area contributed by atoms with Gasteiger partial charge in [0.25, 0.3) is 5.91 Å². The number of hydrogen-bond acceptors (Lipinski definition) is 2. The van der Waals surface area contributed by atoms with Crippen LogP contribution in [0.2, 0.25) is 0 Å². The summed E-state index contributed by atoms with van der Waals surface area (Å²) in [7, 11) is 0. The Morgan fingerprint density at radius 1 is 1.12 bits per heavy atom. The number of carbonyl (C=O) groups excluding carboxylic acids is 1. The number of alkyl halides is 3. The van der Waals surface area contributed by atoms with Crippen LogP contribution in [0.4, 0.5) is 13.2 Å². The van der Waals surface area contributed by atoms with Gasteiger partial charge in [-0.1, -0.05) is 19.1 Å². The summed E-state index contributed by atoms with van der Waals surface area (Å²) in [6.07, 6.45) is -3.50. The van der Waals surface area contributed by atoms with Crippen LogP contribution < -0.4 is 10.1 Å². The van der Waals surface area contributed by atoms with E-state index in [1.807, 2.05) is 31.2 Å². The third-order valence-corrected chi connectivity index (χ3v) is 3.44. The number of aryl methyl sites for hydroxylation is 1. The molecule has 0 radical (unpaired) electrons. The number of amides is 1. The molecule has 2 aromatic carbocycles. The van der Waals surface area contributed by atoms with Crippen LogP contribution in [0.1, 0.15) is 28.4 Å². The Hall–Kier alpha value is -2.50. The Kier molecular flexibility index (Phi) is 5.84. The van der Waals surface area contributed by atoms with E-state index >= 15 is 0 Å². The first-order chi connectivity index (χ1) is 11.4. The van der Waals surface area contributed by atoms with Crippen molar-refractivity contribution in [1.82, 2.24) is 5.32 Å². The van der Waals surface area contributed by atoms with Gasteiger partial charge in [0.15, 0.2) is 0 Å². The third kappa shape index (κ3) is 5.01. The first kappa shape index (κ1) is 17.8. The van der Waals surface area contributed by atoms with Crippen molar-refractivity contribution in [3.05, 3.63) is 65.2 Å². The van der Waals surface area contributed by atoms with Gasteiger partial charge in [-0.25, -0.2) is 0 Å². The van der Waals surface area contributed by atoms with Gasteiger partial charge in [-0.3, -0.25) is 4.79 Å². The van der Waals surface area contributed by atoms with E-state index in [1.165, 1.54) is 0 Å². The summed E-state index contributed by atoms with van der Waals surface area (Å²) in [6.45, 7) is 2.58. The van der Waals surface area contributed by atoms with Gasteiger partial charge >= 0.3 is 6.18 Å². The SMILES string of the molecule is CCc1cccc(OCCNC(=O)c2ccc(C(F)(F)F)cc2)c1. The van der Waals surface area contributed by atoms with Gasteiger partial charge in [-0.05, 0) is 48.4 Å². The topological polar surface area (TPSA) is 38.3 Å². The van der Waals surface area contributed by atoms with Crippen LogP contribution in [-0.4, -0.2) is 19.1 Å². The van der Waals surface area contributed by atoms with Gasteiger partial charge in [0.1, 0.15) is 12.4 Å². The summed E-state index contributed by atoms with van der Waals surface area (Å²) in [5, 5.41) is 2.61. The van der Waals surface area contributed by atoms with E-state index < -0.39 is 17.6 Å². The Morgan fingerprint density at radius 2 is 1.83 bits per heavy atom. The lowest BCUT2D eigenvalue weighted by Gasteiger charge is -2.10. The summed E-state index contributed by atoms with van der Waals surface area (Å²) in [4.78, 5) is 11.9. The summed E-state index contributed by atoms with van der Waals surface area (Å²) in [5.74, 6) is 0.285. The standard InChI is InChI=1S/C18H18F3NO2/c1-2-13-4-3-5-16(12-13)24-11-10-22-17(23)14-6-8-15(9-7-14)18(19,20)21/h3-9,12H,2,10-11H2,1H3,(H,22,23). The number of nitrogens with one attached hydrogen (secondary N) is 1. The quantitative estimate of drug-likeness (QED) is 0.807. The largest absolute Gasteiger partial charge is 0.492 e. The Balaban J connectivity index is 1.80. The molecule has 0 heterocycles. The fourth-order valence-electron chi connectivity index (χ4n) is 2.10. The summed E-state index contributed by atoms with van der Waals surface area (Å²) in [6, 6.07) is 11.7. The van der Waals surface area contributed by atoms with Crippen LogP contribution in [0.5, 0.6) is 5.75 Å². The Bertz CT molecular complexity index is 681. The van der Waals surface area contributed by atoms with Crippen molar-refractivity contribution >= 4 is 5.91 Å². The zero-order valence-corrected chi connectivity index (χ0v) is 13.2. The van der Waals surface area contributed by atoms with Gasteiger partial charge < -0.3 is 10.1 Å². The minimum Gasteiger partial charge on any atom is -0.492 e. The zero-order valence-electron chi connectivity index (χ0n) is 13.2. The highest BCUT2D eigenvalue weighted by atomic mass is 19.4. The molecule has 0 aliphatic rings. The first-order valence-corrected chi connectivity index (χ1v) is 7.57. The molecule has 2 rings (SSSR count). The molecule has 0 saturated heterocycles. The van der Waals surface area contributed by atoms with Crippen molar-refractivity contribution in [3.8, 4) is 5.75 Å². The molecule has 0 aromatic heterocycles. The molecule has 0 bridgehead atoms. The first-order valence-electron chi connectivity index (χ1n) is 7.57. The van der Waals surface area contributed by atoms with Crippen LogP contribution in [0.15, 0.2) is 48.5 Å². The monoisotopic (exact) mass is 337 g/mol. The number of ether oxygens (including phenoxy) is 1. The fraction of sp³-hybridized carbons (Fsp3) is 0.278. The highest BCUT2D eigenvalue weighted by molar-refractivity contribution is 5.94. The van der Waals surface area contributed by atoms with E-state index in [0.29, 0.717) is 0 Å². The van der Waals surface area contributed by atoms with E-state index in [9.17, 15) is 18.0 Å². The van der Waals surface area contributed by atoms with E-state index in [4.69, 9.17) is 4.74 Å². The highest BCUT2D eigenvalue weighted by Gasteiger charge is 2.30. The van der Waals surface area contributed by atoms with Gasteiger partial charge in [-0.2, -0.15) is 13.2 Å². The highest BCUT2D eigenvalue weighted by Crippen LogP contribution is 2.29. The van der Waals surface area contributed by atoms with Crippen LogP contribution >= 0.6 is 0 Å². The van der Waals surface area contributed by atoms with E-state index in [1.54, 1.807) is 0 Å². The number of carbonyl (C=O) groups is 1. The predicted octanol–water partition coefficient (Wildman–Crippen LogP) is 4.08. The summed E-state index contributed by atoms with van der Waals surface area (Å²) >= 11 is 0. The van der Waals surface area contributed by atoms with Gasteiger partial charge in [0.05, 0.1) is 12.1 Å². The smallest absolute Gasteiger partial charge is 0.416 e. The van der Waals surface area contributed by atoms with Crippen molar-refractivity contribution in [3.63, 3.8) is 0 Å². The molecular weight excluding hydrogens is 319 g/mol. The predicted molar refractivity (Wildman–Crippen MR) is 85.1 cm³/mol. The van der Waals surface area contributed by atoms with Gasteiger partial charge in [0.2, 0.25) is 0 Å². The number of hydrogen-bond donors (Lipinski definition) is 1. The van der Waals surface area contributed by atoms with Crippen LogP contribution in [0.3, 0.4) is 0 Å². The van der Waals surface area contributed by atoms with Gasteiger partial charge in [0, 0.05) is 5.56 Å². The molecule has 0 saturated carbocycles. The molecule has 6 heteroatoms. The fourth-order valence-corrected chi connectivity index (χ4v) is 2.10. The maximum absolute atomic E-state index is 12.5. The number of rotatable bonds is 6. The molecule has 0 unspecified atom stereocenters. The maximum Gasteiger partial charge on any atom is 0.416 e. The number of halogens is 3. The van der Waals surface area contributed by atoms with Crippen molar-refractivity contribution in [2.24, 2.45) is 0 Å². The average molecular weight is 337 g/mol. The summed E-state index contributed by atoms with van der Waals surface area (Å²) in [5.41, 5.74) is 0.551. The van der Waals surface area contributed by atoms with E-state index in [2.05, 4.69) is 5.32 Å². The lowest BCUT2D eigenvalue weighted by Crippen LogP contribution is -2.28. The molecule has 1 N–H and O–H groups in total. The molecule has 3 nitrogen and oxygen atoms in total. The third-order valence-electron chi connectivity index (χ3n) is 3.44. The normalized spacial score (nSPS) is 11.2. The Morgan fingerprint density at radius 3 is 2.46 bits per heavy atom. The molecular formula is C18H18F3NO2. The van der Waals surface area contributed by atoms with Crippen LogP contribution in [-0.2, 0) is 12.6 Å². The second-order valence-corrected chi connectivity index (χ2v) is 5.18. The zero-order chi connectivity index (χ0) is 17.6.